The minimum absolute atomic E-state index is 0.00890. The van der Waals surface area contributed by atoms with Crippen molar-refractivity contribution in [3.8, 4) is 0 Å². The van der Waals surface area contributed by atoms with Crippen LogP contribution in [0.5, 0.6) is 0 Å². The molecule has 0 spiro atoms. The van der Waals surface area contributed by atoms with E-state index in [0.29, 0.717) is 52.7 Å². The first kappa shape index (κ1) is 33.3. The third kappa shape index (κ3) is 23.1. The monoisotopic (exact) mass is 523 g/mol. The second kappa shape index (κ2) is 22.8. The van der Waals surface area contributed by atoms with E-state index in [-0.39, 0.29) is 32.8 Å². The van der Waals surface area contributed by atoms with E-state index in [9.17, 15) is 24.0 Å². The second-order valence-corrected chi connectivity index (χ2v) is 7.36. The molecule has 0 bridgehead atoms. The van der Waals surface area contributed by atoms with Crippen LogP contribution in [-0.2, 0) is 42.9 Å². The van der Waals surface area contributed by atoms with Crippen molar-refractivity contribution in [2.45, 2.75) is 6.42 Å². The second-order valence-electron chi connectivity index (χ2n) is 7.36. The number of aliphatic carboxylic acids is 3. The first-order valence-corrected chi connectivity index (χ1v) is 11.4. The van der Waals surface area contributed by atoms with Gasteiger partial charge in [0.05, 0.1) is 79.0 Å². The highest BCUT2D eigenvalue weighted by atomic mass is 16.6. The standard InChI is InChI=1S/C21H37N3O12/c25-5-1-6-33-8-10-35-12-13-36-11-9-34-7-2-22-18(26)14-23(15-19(27)28)3-4-24(16-20(29)30)17-21(31)32/h5H,1-4,6-17H2,(H,22,26)(H,27,28)(H,29,30)(H,31,32). The fraction of sp³-hybridized carbons (Fsp3) is 0.762. The lowest BCUT2D eigenvalue weighted by atomic mass is 10.3. The van der Waals surface area contributed by atoms with Gasteiger partial charge in [-0.3, -0.25) is 29.0 Å². The van der Waals surface area contributed by atoms with Crippen LogP contribution in [0.15, 0.2) is 0 Å². The topological polar surface area (TPSA) is 201 Å². The highest BCUT2D eigenvalue weighted by Crippen LogP contribution is 1.94. The summed E-state index contributed by atoms with van der Waals surface area (Å²) in [5, 5.41) is 29.4. The van der Waals surface area contributed by atoms with Gasteiger partial charge in [0.15, 0.2) is 0 Å². The molecule has 0 aromatic carbocycles. The van der Waals surface area contributed by atoms with Gasteiger partial charge in [0.2, 0.25) is 5.91 Å². The summed E-state index contributed by atoms with van der Waals surface area (Å²) in [5.74, 6) is -4.06. The summed E-state index contributed by atoms with van der Waals surface area (Å²) in [6.45, 7) is 1.20. The maximum absolute atomic E-state index is 12.1. The molecule has 0 rings (SSSR count). The minimum Gasteiger partial charge on any atom is -0.480 e. The van der Waals surface area contributed by atoms with E-state index < -0.39 is 43.4 Å². The molecule has 4 N–H and O–H groups in total. The molecule has 0 radical (unpaired) electrons. The zero-order valence-electron chi connectivity index (χ0n) is 20.3. The Balaban J connectivity index is 3.94. The Morgan fingerprint density at radius 3 is 1.42 bits per heavy atom. The van der Waals surface area contributed by atoms with E-state index in [0.717, 1.165) is 11.2 Å². The van der Waals surface area contributed by atoms with Crippen LogP contribution in [0.3, 0.4) is 0 Å². The van der Waals surface area contributed by atoms with E-state index in [1.807, 2.05) is 0 Å². The number of hydrogen-bond acceptors (Lipinski definition) is 11. The Morgan fingerprint density at radius 1 is 0.611 bits per heavy atom. The quantitative estimate of drug-likeness (QED) is 0.0691. The number of carbonyl (C=O) groups excluding carboxylic acids is 2. The Bertz CT molecular complexity index is 634. The lowest BCUT2D eigenvalue weighted by Gasteiger charge is -2.24. The molecular weight excluding hydrogens is 486 g/mol. The van der Waals surface area contributed by atoms with Gasteiger partial charge < -0.3 is 44.4 Å². The van der Waals surface area contributed by atoms with Gasteiger partial charge in [0.25, 0.3) is 0 Å². The summed E-state index contributed by atoms with van der Waals surface area (Å²) in [6.07, 6.45) is 1.15. The van der Waals surface area contributed by atoms with E-state index in [2.05, 4.69) is 5.32 Å². The van der Waals surface area contributed by atoms with Crippen LogP contribution in [0.2, 0.25) is 0 Å². The van der Waals surface area contributed by atoms with E-state index in [1.165, 1.54) is 4.90 Å². The van der Waals surface area contributed by atoms with Gasteiger partial charge in [-0.2, -0.15) is 0 Å². The third-order valence-electron chi connectivity index (χ3n) is 4.24. The first-order valence-electron chi connectivity index (χ1n) is 11.4. The van der Waals surface area contributed by atoms with Crippen molar-refractivity contribution >= 4 is 30.1 Å². The molecule has 0 aromatic heterocycles. The molecule has 15 nitrogen and oxygen atoms in total. The van der Waals surface area contributed by atoms with Crippen LogP contribution in [0, 0.1) is 0 Å². The largest absolute Gasteiger partial charge is 0.480 e. The molecule has 1 amide bonds. The number of carbonyl (C=O) groups is 5. The molecular formula is C21H37N3O12. The molecule has 0 atom stereocenters. The smallest absolute Gasteiger partial charge is 0.317 e. The lowest BCUT2D eigenvalue weighted by Crippen LogP contribution is -2.45. The van der Waals surface area contributed by atoms with E-state index in [4.69, 9.17) is 34.3 Å². The number of rotatable bonds is 26. The minimum atomic E-state index is -1.22. The molecule has 0 aliphatic carbocycles. The van der Waals surface area contributed by atoms with Gasteiger partial charge >= 0.3 is 17.9 Å². The number of ether oxygens (including phenoxy) is 4. The van der Waals surface area contributed by atoms with Crippen molar-refractivity contribution < 1.29 is 58.2 Å². The molecule has 0 aromatic rings. The highest BCUT2D eigenvalue weighted by molar-refractivity contribution is 5.79. The van der Waals surface area contributed by atoms with E-state index >= 15 is 0 Å². The molecule has 208 valence electrons. The maximum Gasteiger partial charge on any atom is 0.317 e. The summed E-state index contributed by atoms with van der Waals surface area (Å²) < 4.78 is 21.1. The highest BCUT2D eigenvalue weighted by Gasteiger charge is 2.18. The zero-order chi connectivity index (χ0) is 27.0. The van der Waals surface area contributed by atoms with Crippen LogP contribution in [0.1, 0.15) is 6.42 Å². The predicted octanol–water partition coefficient (Wildman–Crippen LogP) is -2.38. The Kier molecular flexibility index (Phi) is 21.1. The molecule has 0 aliphatic heterocycles. The van der Waals surface area contributed by atoms with Crippen molar-refractivity contribution in [3.05, 3.63) is 0 Å². The van der Waals surface area contributed by atoms with Crippen molar-refractivity contribution in [2.75, 3.05) is 98.7 Å². The summed E-state index contributed by atoms with van der Waals surface area (Å²) in [6, 6.07) is 0. The van der Waals surface area contributed by atoms with Crippen molar-refractivity contribution in [2.24, 2.45) is 0 Å². The summed E-state index contributed by atoms with van der Waals surface area (Å²) >= 11 is 0. The van der Waals surface area contributed by atoms with Gasteiger partial charge in [-0.15, -0.1) is 0 Å². The van der Waals surface area contributed by atoms with Gasteiger partial charge in [-0.25, -0.2) is 0 Å². The number of nitrogens with zero attached hydrogens (tertiary/aromatic N) is 2. The summed E-state index contributed by atoms with van der Waals surface area (Å²) in [5.41, 5.74) is 0. The molecule has 0 fully saturated rings. The number of hydrogen-bond donors (Lipinski definition) is 4. The molecule has 0 saturated carbocycles. The van der Waals surface area contributed by atoms with Gasteiger partial charge in [-0.05, 0) is 0 Å². The Labute approximate surface area is 209 Å². The van der Waals surface area contributed by atoms with Crippen molar-refractivity contribution in [1.82, 2.24) is 15.1 Å². The van der Waals surface area contributed by atoms with Crippen LogP contribution in [-0.4, -0.2) is 154 Å². The predicted molar refractivity (Wildman–Crippen MR) is 123 cm³/mol. The number of aldehydes is 1. The molecule has 36 heavy (non-hydrogen) atoms. The number of amides is 1. The molecule has 0 heterocycles. The molecule has 0 aliphatic rings. The zero-order valence-corrected chi connectivity index (χ0v) is 20.3. The number of carboxylic acid groups (broad SMARTS) is 3. The van der Waals surface area contributed by atoms with Gasteiger partial charge in [0, 0.05) is 26.1 Å². The van der Waals surface area contributed by atoms with Gasteiger partial charge in [-0.1, -0.05) is 0 Å². The maximum atomic E-state index is 12.1. The average Bonchev–Trinajstić information content (AvgIpc) is 2.78. The molecule has 0 unspecified atom stereocenters. The van der Waals surface area contributed by atoms with Crippen LogP contribution in [0.25, 0.3) is 0 Å². The number of carboxylic acids is 3. The normalized spacial score (nSPS) is 11.1. The van der Waals surface area contributed by atoms with Crippen molar-refractivity contribution in [1.29, 1.82) is 0 Å². The fourth-order valence-corrected chi connectivity index (χ4v) is 2.70. The first-order chi connectivity index (χ1) is 17.2. The van der Waals surface area contributed by atoms with Crippen molar-refractivity contribution in [3.63, 3.8) is 0 Å². The summed E-state index contributed by atoms with van der Waals surface area (Å²) in [4.78, 5) is 57.4. The van der Waals surface area contributed by atoms with E-state index in [1.54, 1.807) is 0 Å². The fourth-order valence-electron chi connectivity index (χ4n) is 2.70. The van der Waals surface area contributed by atoms with Crippen LogP contribution in [0.4, 0.5) is 0 Å². The summed E-state index contributed by atoms with van der Waals surface area (Å²) in [7, 11) is 0. The third-order valence-corrected chi connectivity index (χ3v) is 4.24. The van der Waals surface area contributed by atoms with Crippen LogP contribution >= 0.6 is 0 Å². The SMILES string of the molecule is O=CCCOCCOCCOCCOCCNC(=O)CN(CCN(CC(=O)O)CC(=O)O)CC(=O)O. The van der Waals surface area contributed by atoms with Gasteiger partial charge in [0.1, 0.15) is 6.29 Å². The lowest BCUT2D eigenvalue weighted by molar-refractivity contribution is -0.143. The molecule has 0 saturated heterocycles. The Hall–Kier alpha value is -2.69. The number of nitrogens with one attached hydrogen (secondary N) is 1. The average molecular weight is 524 g/mol. The Morgan fingerprint density at radius 2 is 1.00 bits per heavy atom. The molecule has 15 heteroatoms. The van der Waals surface area contributed by atoms with Crippen LogP contribution < -0.4 is 5.32 Å².